The van der Waals surface area contributed by atoms with Crippen molar-refractivity contribution in [1.29, 1.82) is 0 Å². The van der Waals surface area contributed by atoms with Gasteiger partial charge in [-0.05, 0) is 36.4 Å². The van der Waals surface area contributed by atoms with Gasteiger partial charge < -0.3 is 5.32 Å². The lowest BCUT2D eigenvalue weighted by molar-refractivity contribution is -0.111. The molecule has 104 valence electrons. The minimum atomic E-state index is -0.198. The van der Waals surface area contributed by atoms with Gasteiger partial charge in [-0.2, -0.15) is 0 Å². The lowest BCUT2D eigenvalue weighted by Gasteiger charge is -2.02. The van der Waals surface area contributed by atoms with Gasteiger partial charge in [-0.1, -0.05) is 30.8 Å². The maximum Gasteiger partial charge on any atom is 0.248 e. The number of nitrogens with zero attached hydrogens (tertiary/aromatic N) is 2. The van der Waals surface area contributed by atoms with Gasteiger partial charge in [-0.25, -0.2) is 4.98 Å². The molecule has 2 N–H and O–H groups in total. The minimum Gasteiger partial charge on any atom is -0.323 e. The fourth-order valence-corrected chi connectivity index (χ4v) is 2.12. The summed E-state index contributed by atoms with van der Waals surface area (Å²) >= 11 is 1.55. The zero-order valence-electron chi connectivity index (χ0n) is 11.4. The summed E-state index contributed by atoms with van der Waals surface area (Å²) < 4.78 is 0. The van der Waals surface area contributed by atoms with Crippen LogP contribution in [-0.4, -0.2) is 26.8 Å². The van der Waals surface area contributed by atoms with Crippen molar-refractivity contribution < 1.29 is 4.79 Å². The number of carbonyl (C=O) groups excluding carboxylic acids is 1. The number of aromatic nitrogens is 3. The number of H-pyrrole nitrogens is 1. The molecule has 0 aliphatic carbocycles. The van der Waals surface area contributed by atoms with Gasteiger partial charge in [0.05, 0.1) is 0 Å². The first-order valence-electron chi connectivity index (χ1n) is 6.28. The van der Waals surface area contributed by atoms with Crippen LogP contribution in [0.2, 0.25) is 0 Å². The number of benzene rings is 1. The molecule has 1 amide bonds. The van der Waals surface area contributed by atoms with Gasteiger partial charge in [0, 0.05) is 11.8 Å². The first kappa shape index (κ1) is 14.3. The molecule has 0 saturated heterocycles. The normalized spacial score (nSPS) is 10.9. The third-order valence-electron chi connectivity index (χ3n) is 2.43. The van der Waals surface area contributed by atoms with Gasteiger partial charge in [-0.3, -0.25) is 9.89 Å². The summed E-state index contributed by atoms with van der Waals surface area (Å²) in [6.45, 7) is 4.01. The third-order valence-corrected chi connectivity index (χ3v) is 3.16. The molecule has 0 saturated carbocycles. The molecule has 0 radical (unpaired) electrons. The highest BCUT2D eigenvalue weighted by Crippen LogP contribution is 2.12. The molecular formula is C14H16N4OS. The second kappa shape index (κ2) is 6.91. The van der Waals surface area contributed by atoms with Gasteiger partial charge in [0.25, 0.3) is 0 Å². The van der Waals surface area contributed by atoms with E-state index in [0.717, 1.165) is 17.0 Å². The van der Waals surface area contributed by atoms with E-state index in [0.29, 0.717) is 11.0 Å². The Balaban J connectivity index is 1.94. The lowest BCUT2D eigenvalue weighted by atomic mass is 10.2. The van der Waals surface area contributed by atoms with Crippen molar-refractivity contribution >= 4 is 29.4 Å². The van der Waals surface area contributed by atoms with E-state index in [1.807, 2.05) is 38.1 Å². The SMILES string of the molecule is CCSc1n[nH]c(/C=C/C(=O)Nc2cccc(C)c2)n1. The van der Waals surface area contributed by atoms with Crippen molar-refractivity contribution in [2.24, 2.45) is 0 Å². The average Bonchev–Trinajstić information content (AvgIpc) is 2.85. The Bertz CT molecular complexity index is 621. The van der Waals surface area contributed by atoms with Crippen LogP contribution in [0.3, 0.4) is 0 Å². The number of amides is 1. The number of thioether (sulfide) groups is 1. The summed E-state index contributed by atoms with van der Waals surface area (Å²) in [7, 11) is 0. The van der Waals surface area contributed by atoms with E-state index >= 15 is 0 Å². The number of hydrogen-bond donors (Lipinski definition) is 2. The Morgan fingerprint density at radius 1 is 1.50 bits per heavy atom. The molecule has 1 aromatic carbocycles. The molecule has 0 bridgehead atoms. The zero-order chi connectivity index (χ0) is 14.4. The molecule has 1 heterocycles. The smallest absolute Gasteiger partial charge is 0.248 e. The molecule has 0 spiro atoms. The fraction of sp³-hybridized carbons (Fsp3) is 0.214. The molecule has 0 fully saturated rings. The molecule has 5 nitrogen and oxygen atoms in total. The van der Waals surface area contributed by atoms with Crippen LogP contribution in [-0.2, 0) is 4.79 Å². The third kappa shape index (κ3) is 4.24. The van der Waals surface area contributed by atoms with Crippen molar-refractivity contribution in [2.45, 2.75) is 19.0 Å². The molecule has 20 heavy (non-hydrogen) atoms. The average molecular weight is 288 g/mol. The highest BCUT2D eigenvalue weighted by atomic mass is 32.2. The van der Waals surface area contributed by atoms with Gasteiger partial charge in [0.15, 0.2) is 0 Å². The second-order valence-electron chi connectivity index (χ2n) is 4.13. The van der Waals surface area contributed by atoms with Gasteiger partial charge in [-0.15, -0.1) is 5.10 Å². The minimum absolute atomic E-state index is 0.198. The molecule has 6 heteroatoms. The quantitative estimate of drug-likeness (QED) is 0.655. The number of carbonyl (C=O) groups is 1. The first-order valence-corrected chi connectivity index (χ1v) is 7.27. The summed E-state index contributed by atoms with van der Waals surface area (Å²) in [5.74, 6) is 1.28. The zero-order valence-corrected chi connectivity index (χ0v) is 12.2. The van der Waals surface area contributed by atoms with E-state index < -0.39 is 0 Å². The molecule has 1 aromatic heterocycles. The van der Waals surface area contributed by atoms with E-state index in [1.165, 1.54) is 6.08 Å². The van der Waals surface area contributed by atoms with Crippen molar-refractivity contribution in [3.05, 3.63) is 41.7 Å². The number of rotatable bonds is 5. The van der Waals surface area contributed by atoms with Crippen LogP contribution >= 0.6 is 11.8 Å². The number of anilines is 1. The van der Waals surface area contributed by atoms with Crippen molar-refractivity contribution in [3.8, 4) is 0 Å². The van der Waals surface area contributed by atoms with E-state index in [1.54, 1.807) is 17.8 Å². The van der Waals surface area contributed by atoms with E-state index in [4.69, 9.17) is 0 Å². The predicted octanol–water partition coefficient (Wildman–Crippen LogP) is 2.88. The maximum atomic E-state index is 11.8. The van der Waals surface area contributed by atoms with Crippen LogP contribution < -0.4 is 5.32 Å². The van der Waals surface area contributed by atoms with Crippen molar-refractivity contribution in [2.75, 3.05) is 11.1 Å². The van der Waals surface area contributed by atoms with Crippen LogP contribution in [0, 0.1) is 6.92 Å². The Morgan fingerprint density at radius 2 is 2.35 bits per heavy atom. The Morgan fingerprint density at radius 3 is 3.10 bits per heavy atom. The van der Waals surface area contributed by atoms with Crippen LogP contribution in [0.25, 0.3) is 6.08 Å². The monoisotopic (exact) mass is 288 g/mol. The largest absolute Gasteiger partial charge is 0.323 e. The second-order valence-corrected chi connectivity index (χ2v) is 5.36. The van der Waals surface area contributed by atoms with Crippen LogP contribution in [0.4, 0.5) is 5.69 Å². The number of hydrogen-bond acceptors (Lipinski definition) is 4. The summed E-state index contributed by atoms with van der Waals surface area (Å²) in [6.07, 6.45) is 3.04. The maximum absolute atomic E-state index is 11.8. The first-order chi connectivity index (χ1) is 9.67. The Kier molecular flexibility index (Phi) is 4.95. The molecular weight excluding hydrogens is 272 g/mol. The van der Waals surface area contributed by atoms with Crippen molar-refractivity contribution in [1.82, 2.24) is 15.2 Å². The fourth-order valence-electron chi connectivity index (χ4n) is 1.59. The van der Waals surface area contributed by atoms with Gasteiger partial charge in [0.2, 0.25) is 11.1 Å². The molecule has 0 aliphatic heterocycles. The van der Waals surface area contributed by atoms with Crippen LogP contribution in [0.1, 0.15) is 18.3 Å². The van der Waals surface area contributed by atoms with Gasteiger partial charge in [0.1, 0.15) is 5.82 Å². The highest BCUT2D eigenvalue weighted by Gasteiger charge is 2.01. The predicted molar refractivity (Wildman–Crippen MR) is 81.6 cm³/mol. The molecule has 2 rings (SSSR count). The Hall–Kier alpha value is -2.08. The number of aryl methyl sites for hydroxylation is 1. The standard InChI is InChI=1S/C14H16N4OS/c1-3-20-14-16-12(17-18-14)7-8-13(19)15-11-6-4-5-10(2)9-11/h4-9H,3H2,1-2H3,(H,15,19)(H,16,17,18)/b8-7+. The number of nitrogens with one attached hydrogen (secondary N) is 2. The van der Waals surface area contributed by atoms with Crippen LogP contribution in [0.15, 0.2) is 35.5 Å². The topological polar surface area (TPSA) is 70.7 Å². The van der Waals surface area contributed by atoms with Crippen LogP contribution in [0.5, 0.6) is 0 Å². The van der Waals surface area contributed by atoms with E-state index in [9.17, 15) is 4.79 Å². The van der Waals surface area contributed by atoms with Crippen molar-refractivity contribution in [3.63, 3.8) is 0 Å². The Labute approximate surface area is 121 Å². The van der Waals surface area contributed by atoms with Gasteiger partial charge >= 0.3 is 0 Å². The summed E-state index contributed by atoms with van der Waals surface area (Å²) in [6, 6.07) is 7.64. The highest BCUT2D eigenvalue weighted by molar-refractivity contribution is 7.99. The summed E-state index contributed by atoms with van der Waals surface area (Å²) in [5.41, 5.74) is 1.88. The lowest BCUT2D eigenvalue weighted by Crippen LogP contribution is -2.07. The summed E-state index contributed by atoms with van der Waals surface area (Å²) in [5, 5.41) is 10.3. The molecule has 0 aliphatic rings. The van der Waals surface area contributed by atoms with E-state index in [-0.39, 0.29) is 5.91 Å². The molecule has 0 unspecified atom stereocenters. The van der Waals surface area contributed by atoms with E-state index in [2.05, 4.69) is 20.5 Å². The molecule has 0 atom stereocenters. The summed E-state index contributed by atoms with van der Waals surface area (Å²) in [4.78, 5) is 16.0. The molecule has 2 aromatic rings. The number of aromatic amines is 1.